The standard InChI is InChI=1S/C17H13ClN2O6/c1-10(21)11-3-2-4-13(7-11)19-16(22)9-26-17(23)14-8-12(18)5-6-15(14)20(24)25/h2-8H,9H2,1H3,(H,19,22). The molecule has 1 amide bonds. The van der Waals surface area contributed by atoms with Crippen molar-refractivity contribution in [3.8, 4) is 0 Å². The monoisotopic (exact) mass is 376 g/mol. The van der Waals surface area contributed by atoms with Gasteiger partial charge < -0.3 is 10.1 Å². The van der Waals surface area contributed by atoms with Crippen LogP contribution in [-0.2, 0) is 9.53 Å². The number of carbonyl (C=O) groups excluding carboxylic acids is 3. The van der Waals surface area contributed by atoms with Crippen molar-refractivity contribution >= 4 is 40.6 Å². The zero-order valence-corrected chi connectivity index (χ0v) is 14.3. The van der Waals surface area contributed by atoms with Gasteiger partial charge in [0.25, 0.3) is 11.6 Å². The van der Waals surface area contributed by atoms with Crippen LogP contribution in [0.4, 0.5) is 11.4 Å². The Morgan fingerprint density at radius 1 is 1.19 bits per heavy atom. The van der Waals surface area contributed by atoms with Crippen LogP contribution in [0.15, 0.2) is 42.5 Å². The van der Waals surface area contributed by atoms with Crippen LogP contribution in [0.25, 0.3) is 0 Å². The Balaban J connectivity index is 2.03. The molecule has 1 N–H and O–H groups in total. The molecule has 0 bridgehead atoms. The zero-order valence-electron chi connectivity index (χ0n) is 13.5. The summed E-state index contributed by atoms with van der Waals surface area (Å²) in [4.78, 5) is 45.4. The fourth-order valence-electron chi connectivity index (χ4n) is 2.05. The van der Waals surface area contributed by atoms with Gasteiger partial charge in [-0.05, 0) is 31.2 Å². The Labute approximate surface area is 152 Å². The molecule has 0 fully saturated rings. The molecule has 9 heteroatoms. The van der Waals surface area contributed by atoms with Crippen molar-refractivity contribution in [1.29, 1.82) is 0 Å². The van der Waals surface area contributed by atoms with Crippen molar-refractivity contribution < 1.29 is 24.0 Å². The largest absolute Gasteiger partial charge is 0.452 e. The summed E-state index contributed by atoms with van der Waals surface area (Å²) in [6.07, 6.45) is 0. The second-order valence-corrected chi connectivity index (χ2v) is 5.62. The number of carbonyl (C=O) groups is 3. The van der Waals surface area contributed by atoms with Crippen molar-refractivity contribution in [3.63, 3.8) is 0 Å². The lowest BCUT2D eigenvalue weighted by Gasteiger charge is -2.08. The van der Waals surface area contributed by atoms with Crippen LogP contribution in [-0.4, -0.2) is 29.2 Å². The van der Waals surface area contributed by atoms with E-state index in [9.17, 15) is 24.5 Å². The maximum Gasteiger partial charge on any atom is 0.345 e. The molecule has 0 atom stereocenters. The second-order valence-electron chi connectivity index (χ2n) is 5.18. The lowest BCUT2D eigenvalue weighted by atomic mass is 10.1. The highest BCUT2D eigenvalue weighted by atomic mass is 35.5. The highest BCUT2D eigenvalue weighted by molar-refractivity contribution is 6.31. The fraction of sp³-hybridized carbons (Fsp3) is 0.118. The van der Waals surface area contributed by atoms with E-state index in [0.29, 0.717) is 11.3 Å². The maximum absolute atomic E-state index is 12.0. The van der Waals surface area contributed by atoms with Gasteiger partial charge in [0.15, 0.2) is 12.4 Å². The molecule has 0 saturated heterocycles. The lowest BCUT2D eigenvalue weighted by molar-refractivity contribution is -0.385. The molecule has 0 saturated carbocycles. The summed E-state index contributed by atoms with van der Waals surface area (Å²) in [5, 5.41) is 13.5. The summed E-state index contributed by atoms with van der Waals surface area (Å²) < 4.78 is 4.80. The van der Waals surface area contributed by atoms with Gasteiger partial charge in [-0.2, -0.15) is 0 Å². The number of anilines is 1. The first-order chi connectivity index (χ1) is 12.3. The van der Waals surface area contributed by atoms with Gasteiger partial charge in [-0.1, -0.05) is 23.7 Å². The second kappa shape index (κ2) is 8.21. The number of Topliss-reactive ketones (excluding diaryl/α,β-unsaturated/α-hetero) is 1. The van der Waals surface area contributed by atoms with Crippen LogP contribution in [0, 0.1) is 10.1 Å². The molecule has 0 spiro atoms. The number of benzene rings is 2. The Kier molecular flexibility index (Phi) is 6.03. The average molecular weight is 377 g/mol. The quantitative estimate of drug-likeness (QED) is 0.358. The highest BCUT2D eigenvalue weighted by Gasteiger charge is 2.22. The third-order valence-corrected chi connectivity index (χ3v) is 3.50. The SMILES string of the molecule is CC(=O)c1cccc(NC(=O)COC(=O)c2cc(Cl)ccc2[N+](=O)[O-])c1. The number of rotatable bonds is 6. The van der Waals surface area contributed by atoms with Crippen LogP contribution >= 0.6 is 11.6 Å². The summed E-state index contributed by atoms with van der Waals surface area (Å²) in [6.45, 7) is 0.730. The van der Waals surface area contributed by atoms with Crippen molar-refractivity contribution in [3.05, 3.63) is 68.7 Å². The summed E-state index contributed by atoms with van der Waals surface area (Å²) in [5.74, 6) is -1.88. The molecular formula is C17H13ClN2O6. The van der Waals surface area contributed by atoms with E-state index < -0.39 is 29.1 Å². The molecule has 0 aliphatic carbocycles. The fourth-order valence-corrected chi connectivity index (χ4v) is 2.22. The van der Waals surface area contributed by atoms with Crippen LogP contribution in [0.3, 0.4) is 0 Å². The smallest absolute Gasteiger partial charge is 0.345 e. The van der Waals surface area contributed by atoms with Crippen LogP contribution in [0.1, 0.15) is 27.6 Å². The number of hydrogen-bond donors (Lipinski definition) is 1. The molecule has 0 aliphatic rings. The number of nitro benzene ring substituents is 1. The van der Waals surface area contributed by atoms with Crippen molar-refractivity contribution in [2.45, 2.75) is 6.92 Å². The molecule has 0 aliphatic heterocycles. The van der Waals surface area contributed by atoms with Crippen molar-refractivity contribution in [2.24, 2.45) is 0 Å². The minimum absolute atomic E-state index is 0.119. The van der Waals surface area contributed by atoms with Gasteiger partial charge in [-0.3, -0.25) is 19.7 Å². The van der Waals surface area contributed by atoms with Gasteiger partial charge in [0, 0.05) is 22.3 Å². The Morgan fingerprint density at radius 3 is 2.58 bits per heavy atom. The van der Waals surface area contributed by atoms with Crippen molar-refractivity contribution in [2.75, 3.05) is 11.9 Å². The number of esters is 1. The van der Waals surface area contributed by atoms with Gasteiger partial charge in [0.1, 0.15) is 5.56 Å². The van der Waals surface area contributed by atoms with E-state index in [-0.39, 0.29) is 16.4 Å². The van der Waals surface area contributed by atoms with E-state index >= 15 is 0 Å². The molecule has 26 heavy (non-hydrogen) atoms. The van der Waals surface area contributed by atoms with Gasteiger partial charge in [-0.25, -0.2) is 4.79 Å². The first kappa shape index (κ1) is 19.1. The molecule has 0 unspecified atom stereocenters. The summed E-state index contributed by atoms with van der Waals surface area (Å²) in [6, 6.07) is 9.66. The van der Waals surface area contributed by atoms with Crippen molar-refractivity contribution in [1.82, 2.24) is 0 Å². The number of halogens is 1. The maximum atomic E-state index is 12.0. The third-order valence-electron chi connectivity index (χ3n) is 3.26. The highest BCUT2D eigenvalue weighted by Crippen LogP contribution is 2.23. The van der Waals surface area contributed by atoms with Crippen LogP contribution < -0.4 is 5.32 Å². The lowest BCUT2D eigenvalue weighted by Crippen LogP contribution is -2.21. The van der Waals surface area contributed by atoms with Gasteiger partial charge in [0.05, 0.1) is 4.92 Å². The van der Waals surface area contributed by atoms with Gasteiger partial charge >= 0.3 is 5.97 Å². The molecule has 8 nitrogen and oxygen atoms in total. The van der Waals surface area contributed by atoms with E-state index in [2.05, 4.69) is 5.32 Å². The summed E-state index contributed by atoms with van der Waals surface area (Å²) >= 11 is 5.74. The number of ketones is 1. The Hall–Kier alpha value is -3.26. The minimum Gasteiger partial charge on any atom is -0.452 e. The molecule has 0 radical (unpaired) electrons. The number of hydrogen-bond acceptors (Lipinski definition) is 6. The third kappa shape index (κ3) is 4.87. The Morgan fingerprint density at radius 2 is 1.92 bits per heavy atom. The first-order valence-corrected chi connectivity index (χ1v) is 7.67. The van der Waals surface area contributed by atoms with E-state index in [1.807, 2.05) is 0 Å². The molecule has 134 valence electrons. The van der Waals surface area contributed by atoms with Gasteiger partial charge in [0.2, 0.25) is 0 Å². The van der Waals surface area contributed by atoms with E-state index in [1.54, 1.807) is 18.2 Å². The topological polar surface area (TPSA) is 116 Å². The van der Waals surface area contributed by atoms with E-state index in [1.165, 1.54) is 19.1 Å². The normalized spacial score (nSPS) is 10.1. The minimum atomic E-state index is -1.05. The predicted molar refractivity (Wildman–Crippen MR) is 93.5 cm³/mol. The predicted octanol–water partition coefficient (Wildman–Crippen LogP) is 3.25. The number of nitro groups is 1. The summed E-state index contributed by atoms with van der Waals surface area (Å²) in [7, 11) is 0. The molecule has 2 aromatic carbocycles. The number of amides is 1. The van der Waals surface area contributed by atoms with E-state index in [4.69, 9.17) is 16.3 Å². The Bertz CT molecular complexity index is 897. The van der Waals surface area contributed by atoms with Crippen LogP contribution in [0.5, 0.6) is 0 Å². The summed E-state index contributed by atoms with van der Waals surface area (Å²) in [5.41, 5.74) is -0.0651. The molecule has 2 aromatic rings. The van der Waals surface area contributed by atoms with Gasteiger partial charge in [-0.15, -0.1) is 0 Å². The molecule has 2 rings (SSSR count). The van der Waals surface area contributed by atoms with E-state index in [0.717, 1.165) is 12.1 Å². The molecule has 0 heterocycles. The molecular weight excluding hydrogens is 364 g/mol. The zero-order chi connectivity index (χ0) is 19.3. The first-order valence-electron chi connectivity index (χ1n) is 7.30. The number of nitrogens with zero attached hydrogens (tertiary/aromatic N) is 1. The number of ether oxygens (including phenoxy) is 1. The molecule has 0 aromatic heterocycles. The average Bonchev–Trinajstić information content (AvgIpc) is 2.59. The van der Waals surface area contributed by atoms with Crippen LogP contribution in [0.2, 0.25) is 5.02 Å². The number of nitrogens with one attached hydrogen (secondary N) is 1.